The molecular weight excluding hydrogens is 768 g/mol. The zero-order valence-electron chi connectivity index (χ0n) is 26.8. The smallest absolute Gasteiger partial charge is 0.259 e. The number of nitrogens with one attached hydrogen (secondary N) is 2. The number of pyridine rings is 2. The zero-order chi connectivity index (χ0) is 35.3. The van der Waals surface area contributed by atoms with Crippen molar-refractivity contribution in [2.24, 2.45) is 0 Å². The van der Waals surface area contributed by atoms with Gasteiger partial charge in [0.25, 0.3) is 7.37 Å². The molecule has 262 valence electrons. The van der Waals surface area contributed by atoms with Gasteiger partial charge in [0.2, 0.25) is 0 Å². The molecule has 51 heavy (non-hydrogen) atoms. The van der Waals surface area contributed by atoms with Gasteiger partial charge in [-0.15, -0.1) is 0 Å². The van der Waals surface area contributed by atoms with Gasteiger partial charge in [0.05, 0.1) is 22.8 Å². The predicted octanol–water partition coefficient (Wildman–Crippen LogP) is 7.66. The summed E-state index contributed by atoms with van der Waals surface area (Å²) in [6, 6.07) is 32.7. The van der Waals surface area contributed by atoms with Crippen molar-refractivity contribution >= 4 is 18.0 Å². The SMILES string of the molecule is FCc1cc(-c2ccccn2)n[nH]1.FCc1cc(-c2ccccn2)n[nH]1.O=P(O)(c1ccccc1)c1ccccc1Cc1ccc(F)cc1F.[Ru]. The Labute approximate surface area is 304 Å². The molecule has 4 heterocycles. The summed E-state index contributed by atoms with van der Waals surface area (Å²) in [6.45, 7) is -1.06. The van der Waals surface area contributed by atoms with Gasteiger partial charge in [0.1, 0.15) is 36.4 Å². The van der Waals surface area contributed by atoms with Crippen LogP contribution in [0.4, 0.5) is 17.6 Å². The van der Waals surface area contributed by atoms with Gasteiger partial charge >= 0.3 is 0 Å². The first-order chi connectivity index (χ1) is 24.3. The quantitative estimate of drug-likeness (QED) is 0.0826. The van der Waals surface area contributed by atoms with Gasteiger partial charge in [0, 0.05) is 55.0 Å². The van der Waals surface area contributed by atoms with E-state index in [4.69, 9.17) is 0 Å². The molecule has 0 amide bonds. The van der Waals surface area contributed by atoms with Crippen LogP contribution in [-0.4, -0.2) is 35.3 Å². The fraction of sp³-hybridized carbons (Fsp3) is 0.0811. The molecule has 1 unspecified atom stereocenters. The maximum absolute atomic E-state index is 13.9. The normalized spacial score (nSPS) is 11.5. The Hall–Kier alpha value is -5.09. The summed E-state index contributed by atoms with van der Waals surface area (Å²) in [5.74, 6) is -1.32. The number of hydrogen-bond acceptors (Lipinski definition) is 5. The molecule has 0 bridgehead atoms. The average Bonchev–Trinajstić information content (AvgIpc) is 3.85. The van der Waals surface area contributed by atoms with Crippen LogP contribution in [0.15, 0.2) is 134 Å². The van der Waals surface area contributed by atoms with Crippen molar-refractivity contribution < 1.29 is 46.5 Å². The summed E-state index contributed by atoms with van der Waals surface area (Å²) in [4.78, 5) is 18.8. The van der Waals surface area contributed by atoms with E-state index in [0.29, 0.717) is 33.6 Å². The minimum atomic E-state index is -3.79. The molecule has 0 fully saturated rings. The largest absolute Gasteiger partial charge is 0.338 e. The van der Waals surface area contributed by atoms with Gasteiger partial charge < -0.3 is 4.89 Å². The molecule has 4 aromatic heterocycles. The van der Waals surface area contributed by atoms with Crippen molar-refractivity contribution in [2.75, 3.05) is 0 Å². The van der Waals surface area contributed by atoms with Crippen LogP contribution in [0.1, 0.15) is 22.5 Å². The Kier molecular flexibility index (Phi) is 14.3. The van der Waals surface area contributed by atoms with Crippen molar-refractivity contribution in [1.82, 2.24) is 30.4 Å². The number of nitrogens with zero attached hydrogens (tertiary/aromatic N) is 4. The molecule has 0 radical (unpaired) electrons. The van der Waals surface area contributed by atoms with Gasteiger partial charge in [-0.2, -0.15) is 10.2 Å². The number of alkyl halides is 2. The van der Waals surface area contributed by atoms with Crippen LogP contribution >= 0.6 is 7.37 Å². The second-order valence-electron chi connectivity index (χ2n) is 10.7. The van der Waals surface area contributed by atoms with Crippen LogP contribution in [0.3, 0.4) is 0 Å². The summed E-state index contributed by atoms with van der Waals surface area (Å²) < 4.78 is 64.3. The molecule has 7 rings (SSSR count). The van der Waals surface area contributed by atoms with Crippen molar-refractivity contribution in [2.45, 2.75) is 19.8 Å². The number of H-pyrrole nitrogens is 2. The molecular formula is C37H31F4N6O2PRu. The monoisotopic (exact) mass is 800 g/mol. The molecule has 1 atom stereocenters. The molecule has 0 aliphatic heterocycles. The molecule has 0 aliphatic rings. The Bertz CT molecular complexity index is 2080. The molecule has 0 saturated heterocycles. The van der Waals surface area contributed by atoms with Crippen molar-refractivity contribution in [3.8, 4) is 22.8 Å². The Balaban J connectivity index is 0.000000184. The van der Waals surface area contributed by atoms with Gasteiger partial charge in [0.15, 0.2) is 0 Å². The van der Waals surface area contributed by atoms with E-state index >= 15 is 0 Å². The van der Waals surface area contributed by atoms with Crippen LogP contribution in [0.25, 0.3) is 22.8 Å². The van der Waals surface area contributed by atoms with Crippen molar-refractivity contribution in [3.05, 3.63) is 168 Å². The van der Waals surface area contributed by atoms with Crippen LogP contribution in [0.2, 0.25) is 0 Å². The van der Waals surface area contributed by atoms with E-state index in [-0.39, 0.29) is 36.8 Å². The molecule has 0 spiro atoms. The van der Waals surface area contributed by atoms with Gasteiger partial charge in [-0.25, -0.2) is 17.6 Å². The van der Waals surface area contributed by atoms with Crippen molar-refractivity contribution in [1.29, 1.82) is 0 Å². The molecule has 14 heteroatoms. The maximum Gasteiger partial charge on any atom is 0.259 e. The molecule has 0 aliphatic carbocycles. The first-order valence-electron chi connectivity index (χ1n) is 15.2. The third-order valence-corrected chi connectivity index (χ3v) is 9.31. The van der Waals surface area contributed by atoms with Crippen LogP contribution in [0, 0.1) is 11.6 Å². The third-order valence-electron chi connectivity index (χ3n) is 7.22. The Morgan fingerprint density at radius 2 is 1.14 bits per heavy atom. The van der Waals surface area contributed by atoms with E-state index in [2.05, 4.69) is 30.4 Å². The summed E-state index contributed by atoms with van der Waals surface area (Å²) in [5.41, 5.74) is 4.61. The topological polar surface area (TPSA) is 120 Å². The third kappa shape index (κ3) is 10.5. The van der Waals surface area contributed by atoms with Crippen LogP contribution < -0.4 is 10.6 Å². The van der Waals surface area contributed by atoms with E-state index in [1.54, 1.807) is 79.1 Å². The van der Waals surface area contributed by atoms with E-state index in [1.807, 2.05) is 36.4 Å². The maximum atomic E-state index is 13.9. The number of rotatable bonds is 8. The van der Waals surface area contributed by atoms with Gasteiger partial charge in [-0.3, -0.25) is 24.7 Å². The van der Waals surface area contributed by atoms with Crippen LogP contribution in [-0.2, 0) is 43.8 Å². The van der Waals surface area contributed by atoms with E-state index in [1.165, 1.54) is 12.1 Å². The first-order valence-corrected chi connectivity index (χ1v) is 16.9. The number of hydrogen-bond donors (Lipinski definition) is 3. The summed E-state index contributed by atoms with van der Waals surface area (Å²) in [5, 5.41) is 13.6. The molecule has 3 N–H and O–H groups in total. The van der Waals surface area contributed by atoms with Gasteiger partial charge in [-0.05, 0) is 71.8 Å². The van der Waals surface area contributed by atoms with Crippen molar-refractivity contribution in [3.63, 3.8) is 0 Å². The number of aromatic amines is 2. The zero-order valence-corrected chi connectivity index (χ0v) is 29.4. The Morgan fingerprint density at radius 3 is 1.63 bits per heavy atom. The van der Waals surface area contributed by atoms with E-state index < -0.39 is 32.4 Å². The summed E-state index contributed by atoms with van der Waals surface area (Å²) in [7, 11) is -3.79. The number of benzene rings is 3. The minimum Gasteiger partial charge on any atom is -0.338 e. The van der Waals surface area contributed by atoms with Crippen LogP contribution in [0.5, 0.6) is 0 Å². The summed E-state index contributed by atoms with van der Waals surface area (Å²) >= 11 is 0. The fourth-order valence-corrected chi connectivity index (χ4v) is 6.43. The molecule has 0 saturated carbocycles. The second kappa shape index (κ2) is 18.8. The molecule has 3 aromatic carbocycles. The minimum absolute atomic E-state index is 0. The predicted molar refractivity (Wildman–Crippen MR) is 184 cm³/mol. The average molecular weight is 800 g/mol. The summed E-state index contributed by atoms with van der Waals surface area (Å²) in [6.07, 6.45) is 3.47. The number of halogens is 4. The van der Waals surface area contributed by atoms with E-state index in [9.17, 15) is 27.0 Å². The fourth-order valence-electron chi connectivity index (χ4n) is 4.75. The van der Waals surface area contributed by atoms with Gasteiger partial charge in [-0.1, -0.05) is 54.6 Å². The van der Waals surface area contributed by atoms with E-state index in [0.717, 1.165) is 17.5 Å². The standard InChI is InChI=1S/C19H15F2O2P.2C9H8FN3.Ru/c20-16-11-10-14(18(21)13-16)12-15-6-4-5-9-19(15)24(22,23)17-7-2-1-3-8-17;2*10-6-7-5-9(13-12-7)8-3-1-2-4-11-8;/h1-11,13H,12H2,(H,22,23);2*1-5H,6H2,(H,12,13);. The molecule has 7 aromatic rings. The first kappa shape index (κ1) is 38.7. The molecule has 8 nitrogen and oxygen atoms in total. The Morgan fingerprint density at radius 1 is 0.608 bits per heavy atom. The number of aromatic nitrogens is 6. The second-order valence-corrected chi connectivity index (χ2v) is 12.9.